The Balaban J connectivity index is 2.07. The Hall–Kier alpha value is -1.90. The van der Waals surface area contributed by atoms with E-state index in [-0.39, 0.29) is 5.41 Å². The molecule has 0 aliphatic rings. The lowest BCUT2D eigenvalue weighted by Crippen LogP contribution is -2.27. The molecule has 0 bridgehead atoms. The van der Waals surface area contributed by atoms with Gasteiger partial charge in [-0.1, -0.05) is 44.2 Å². The Labute approximate surface area is 112 Å². The minimum Gasteiger partial charge on any atom is -0.384 e. The van der Waals surface area contributed by atoms with Crippen molar-refractivity contribution in [3.63, 3.8) is 0 Å². The van der Waals surface area contributed by atoms with Crippen LogP contribution in [0.4, 0.5) is 14.5 Å². The maximum atomic E-state index is 13.1. The maximum absolute atomic E-state index is 13.1. The molecule has 0 heterocycles. The van der Waals surface area contributed by atoms with Crippen LogP contribution in [0, 0.1) is 11.6 Å². The number of anilines is 1. The van der Waals surface area contributed by atoms with Gasteiger partial charge in [-0.2, -0.15) is 0 Å². The summed E-state index contributed by atoms with van der Waals surface area (Å²) in [6.07, 6.45) is 0. The summed E-state index contributed by atoms with van der Waals surface area (Å²) < 4.78 is 25.9. The fourth-order valence-corrected chi connectivity index (χ4v) is 1.92. The number of nitrogens with one attached hydrogen (secondary N) is 1. The first-order valence-electron chi connectivity index (χ1n) is 6.23. The molecule has 0 saturated carbocycles. The second-order valence-electron chi connectivity index (χ2n) is 5.23. The van der Waals surface area contributed by atoms with Gasteiger partial charge in [-0.25, -0.2) is 8.78 Å². The van der Waals surface area contributed by atoms with Crippen LogP contribution in [0.3, 0.4) is 0 Å². The van der Waals surface area contributed by atoms with Crippen molar-refractivity contribution in [2.75, 3.05) is 11.9 Å². The third-order valence-electron chi connectivity index (χ3n) is 3.21. The van der Waals surface area contributed by atoms with Crippen molar-refractivity contribution in [1.29, 1.82) is 0 Å². The van der Waals surface area contributed by atoms with Gasteiger partial charge in [-0.05, 0) is 23.8 Å². The van der Waals surface area contributed by atoms with Crippen molar-refractivity contribution in [1.82, 2.24) is 0 Å². The Morgan fingerprint density at radius 1 is 0.947 bits per heavy atom. The normalized spacial score (nSPS) is 11.4. The van der Waals surface area contributed by atoms with Crippen molar-refractivity contribution < 1.29 is 8.78 Å². The molecular formula is C16H17F2N. The molecule has 100 valence electrons. The average molecular weight is 261 g/mol. The molecule has 0 aliphatic heterocycles. The number of hydrogen-bond donors (Lipinski definition) is 1. The van der Waals surface area contributed by atoms with Gasteiger partial charge in [0.25, 0.3) is 0 Å². The molecule has 2 rings (SSSR count). The second kappa shape index (κ2) is 5.39. The highest BCUT2D eigenvalue weighted by atomic mass is 19.2. The van der Waals surface area contributed by atoms with E-state index in [9.17, 15) is 8.78 Å². The summed E-state index contributed by atoms with van der Waals surface area (Å²) in [7, 11) is 0. The van der Waals surface area contributed by atoms with Crippen LogP contribution in [-0.2, 0) is 5.41 Å². The quantitative estimate of drug-likeness (QED) is 0.862. The standard InChI is InChI=1S/C16H17F2N/c1-16(2,12-6-4-3-5-7-12)11-19-13-8-9-14(17)15(18)10-13/h3-10,19H,11H2,1-2H3. The lowest BCUT2D eigenvalue weighted by atomic mass is 9.84. The zero-order valence-corrected chi connectivity index (χ0v) is 11.1. The van der Waals surface area contributed by atoms with Crippen LogP contribution in [-0.4, -0.2) is 6.54 Å². The third-order valence-corrected chi connectivity index (χ3v) is 3.21. The summed E-state index contributed by atoms with van der Waals surface area (Å²) in [6.45, 7) is 4.85. The molecule has 0 saturated heterocycles. The molecular weight excluding hydrogens is 244 g/mol. The van der Waals surface area contributed by atoms with Gasteiger partial charge in [0.1, 0.15) is 0 Å². The largest absolute Gasteiger partial charge is 0.384 e. The van der Waals surface area contributed by atoms with Crippen LogP contribution in [0.2, 0.25) is 0 Å². The Kier molecular flexibility index (Phi) is 3.84. The predicted octanol–water partition coefficient (Wildman–Crippen LogP) is 4.35. The van der Waals surface area contributed by atoms with Crippen LogP contribution in [0.25, 0.3) is 0 Å². The van der Waals surface area contributed by atoms with Crippen LogP contribution in [0.1, 0.15) is 19.4 Å². The molecule has 0 unspecified atom stereocenters. The van der Waals surface area contributed by atoms with Gasteiger partial charge < -0.3 is 5.32 Å². The molecule has 2 aromatic carbocycles. The van der Waals surface area contributed by atoms with Gasteiger partial charge in [0.2, 0.25) is 0 Å². The minimum atomic E-state index is -0.831. The van der Waals surface area contributed by atoms with Crippen molar-refractivity contribution in [2.45, 2.75) is 19.3 Å². The van der Waals surface area contributed by atoms with E-state index in [2.05, 4.69) is 31.3 Å². The summed E-state index contributed by atoms with van der Waals surface area (Å²) in [4.78, 5) is 0. The maximum Gasteiger partial charge on any atom is 0.160 e. The Bertz CT molecular complexity index is 550. The van der Waals surface area contributed by atoms with Crippen LogP contribution < -0.4 is 5.32 Å². The summed E-state index contributed by atoms with van der Waals surface area (Å²) in [5, 5.41) is 3.14. The monoisotopic (exact) mass is 261 g/mol. The number of benzene rings is 2. The first kappa shape index (κ1) is 13.5. The summed E-state index contributed by atoms with van der Waals surface area (Å²) in [5.41, 5.74) is 1.69. The number of hydrogen-bond acceptors (Lipinski definition) is 1. The van der Waals surface area contributed by atoms with Gasteiger partial charge >= 0.3 is 0 Å². The Morgan fingerprint density at radius 2 is 1.63 bits per heavy atom. The first-order valence-corrected chi connectivity index (χ1v) is 6.23. The van der Waals surface area contributed by atoms with Gasteiger partial charge in [0.15, 0.2) is 11.6 Å². The highest BCUT2D eigenvalue weighted by Gasteiger charge is 2.19. The summed E-state index contributed by atoms with van der Waals surface area (Å²) in [5.74, 6) is -1.66. The smallest absolute Gasteiger partial charge is 0.160 e. The van der Waals surface area contributed by atoms with Gasteiger partial charge in [-0.3, -0.25) is 0 Å². The van der Waals surface area contributed by atoms with Crippen molar-refractivity contribution in [2.24, 2.45) is 0 Å². The molecule has 0 atom stereocenters. The van der Waals surface area contributed by atoms with E-state index in [1.807, 2.05) is 18.2 Å². The molecule has 1 nitrogen and oxygen atoms in total. The number of halogens is 2. The molecule has 19 heavy (non-hydrogen) atoms. The van der Waals surface area contributed by atoms with Gasteiger partial charge in [0.05, 0.1) is 0 Å². The van der Waals surface area contributed by atoms with E-state index >= 15 is 0 Å². The third kappa shape index (κ3) is 3.31. The number of rotatable bonds is 4. The van der Waals surface area contributed by atoms with E-state index in [1.165, 1.54) is 11.6 Å². The lowest BCUT2D eigenvalue weighted by molar-refractivity contribution is 0.508. The summed E-state index contributed by atoms with van der Waals surface area (Å²) >= 11 is 0. The van der Waals surface area contributed by atoms with Crippen molar-refractivity contribution >= 4 is 5.69 Å². The molecule has 0 spiro atoms. The predicted molar refractivity (Wildman–Crippen MR) is 74.3 cm³/mol. The topological polar surface area (TPSA) is 12.0 Å². The molecule has 0 aliphatic carbocycles. The highest BCUT2D eigenvalue weighted by Crippen LogP contribution is 2.24. The summed E-state index contributed by atoms with van der Waals surface area (Å²) in [6, 6.07) is 13.9. The van der Waals surface area contributed by atoms with E-state index in [4.69, 9.17) is 0 Å². The molecule has 0 radical (unpaired) electrons. The molecule has 0 fully saturated rings. The fourth-order valence-electron chi connectivity index (χ4n) is 1.92. The van der Waals surface area contributed by atoms with Crippen molar-refractivity contribution in [3.8, 4) is 0 Å². The van der Waals surface area contributed by atoms with Crippen LogP contribution in [0.5, 0.6) is 0 Å². The zero-order valence-electron chi connectivity index (χ0n) is 11.1. The molecule has 0 amide bonds. The minimum absolute atomic E-state index is 0.0911. The van der Waals surface area contributed by atoms with E-state index in [0.717, 1.165) is 6.07 Å². The van der Waals surface area contributed by atoms with Crippen LogP contribution in [0.15, 0.2) is 48.5 Å². The highest BCUT2D eigenvalue weighted by molar-refractivity contribution is 5.44. The first-order chi connectivity index (χ1) is 8.99. The van der Waals surface area contributed by atoms with E-state index in [1.54, 1.807) is 6.07 Å². The van der Waals surface area contributed by atoms with Gasteiger partial charge in [-0.15, -0.1) is 0 Å². The Morgan fingerprint density at radius 3 is 2.26 bits per heavy atom. The average Bonchev–Trinajstić information content (AvgIpc) is 2.41. The SMILES string of the molecule is CC(C)(CNc1ccc(F)c(F)c1)c1ccccc1. The second-order valence-corrected chi connectivity index (χ2v) is 5.23. The molecule has 2 aromatic rings. The molecule has 0 aromatic heterocycles. The van der Waals surface area contributed by atoms with E-state index in [0.29, 0.717) is 12.2 Å². The molecule has 3 heteroatoms. The fraction of sp³-hybridized carbons (Fsp3) is 0.250. The lowest BCUT2D eigenvalue weighted by Gasteiger charge is -2.26. The zero-order chi connectivity index (χ0) is 13.9. The van der Waals surface area contributed by atoms with Crippen molar-refractivity contribution in [3.05, 3.63) is 65.7 Å². The van der Waals surface area contributed by atoms with Gasteiger partial charge in [0, 0.05) is 17.6 Å². The van der Waals surface area contributed by atoms with E-state index < -0.39 is 11.6 Å². The van der Waals surface area contributed by atoms with Crippen LogP contribution >= 0.6 is 0 Å². The molecule has 1 N–H and O–H groups in total.